The summed E-state index contributed by atoms with van der Waals surface area (Å²) in [6, 6.07) is 1.29. The molecule has 2 fully saturated rings. The highest BCUT2D eigenvalue weighted by molar-refractivity contribution is 5.23. The van der Waals surface area contributed by atoms with Crippen LogP contribution in [0.5, 0.6) is 0 Å². The second kappa shape index (κ2) is 6.36. The zero-order valence-corrected chi connectivity index (χ0v) is 13.0. The van der Waals surface area contributed by atoms with Gasteiger partial charge in [0, 0.05) is 50.7 Å². The fourth-order valence-corrected chi connectivity index (χ4v) is 3.02. The van der Waals surface area contributed by atoms with Crippen LogP contribution in [0.1, 0.15) is 12.6 Å². The Kier molecular flexibility index (Phi) is 4.41. The molecule has 0 aromatic carbocycles. The molecule has 1 aromatic heterocycles. The van der Waals surface area contributed by atoms with Crippen LogP contribution >= 0.6 is 0 Å². The van der Waals surface area contributed by atoms with Crippen molar-refractivity contribution < 1.29 is 13.5 Å². The van der Waals surface area contributed by atoms with Crippen molar-refractivity contribution in [1.29, 1.82) is 0 Å². The SMILES string of the molecule is N/C=C1/CN(CC2CC(F)(F)[C@H](n3ccc(N)nc3=O)O2)CCN1. The van der Waals surface area contributed by atoms with Crippen molar-refractivity contribution in [1.82, 2.24) is 19.8 Å². The number of nitrogens with zero attached hydrogens (tertiary/aromatic N) is 3. The largest absolute Gasteiger partial charge is 0.403 e. The molecule has 2 atom stereocenters. The third-order valence-electron chi connectivity index (χ3n) is 4.12. The number of nitrogens with two attached hydrogens (primary N) is 2. The summed E-state index contributed by atoms with van der Waals surface area (Å²) in [6.45, 7) is 2.28. The van der Waals surface area contributed by atoms with Crippen LogP contribution in [-0.2, 0) is 4.74 Å². The molecule has 1 aromatic rings. The molecular weight excluding hydrogens is 322 g/mol. The third-order valence-corrected chi connectivity index (χ3v) is 4.12. The molecule has 8 nitrogen and oxygen atoms in total. The first-order chi connectivity index (χ1) is 11.4. The van der Waals surface area contributed by atoms with Crippen molar-refractivity contribution in [3.63, 3.8) is 0 Å². The maximum absolute atomic E-state index is 14.3. The lowest BCUT2D eigenvalue weighted by atomic mass is 10.1. The molecule has 3 heterocycles. The number of alkyl halides is 2. The fraction of sp³-hybridized carbons (Fsp3) is 0.571. The van der Waals surface area contributed by atoms with E-state index in [1.165, 1.54) is 18.5 Å². The minimum absolute atomic E-state index is 0.0176. The smallest absolute Gasteiger partial charge is 0.351 e. The van der Waals surface area contributed by atoms with Gasteiger partial charge in [-0.05, 0) is 6.07 Å². The fourth-order valence-electron chi connectivity index (χ4n) is 3.02. The van der Waals surface area contributed by atoms with Crippen LogP contribution in [0.4, 0.5) is 14.6 Å². The van der Waals surface area contributed by atoms with E-state index < -0.39 is 30.4 Å². The molecule has 10 heteroatoms. The number of rotatable bonds is 3. The first-order valence-corrected chi connectivity index (χ1v) is 7.64. The minimum Gasteiger partial charge on any atom is -0.403 e. The molecule has 2 saturated heterocycles. The zero-order valence-electron chi connectivity index (χ0n) is 13.0. The lowest BCUT2D eigenvalue weighted by Gasteiger charge is -2.31. The van der Waals surface area contributed by atoms with E-state index in [0.29, 0.717) is 26.2 Å². The van der Waals surface area contributed by atoms with E-state index in [4.69, 9.17) is 16.2 Å². The van der Waals surface area contributed by atoms with E-state index in [-0.39, 0.29) is 5.82 Å². The number of ether oxygens (including phenoxy) is 1. The lowest BCUT2D eigenvalue weighted by Crippen LogP contribution is -2.45. The van der Waals surface area contributed by atoms with Crippen LogP contribution in [-0.4, -0.2) is 52.7 Å². The number of anilines is 1. The second-order valence-electron chi connectivity index (χ2n) is 5.97. The molecule has 0 bridgehead atoms. The van der Waals surface area contributed by atoms with Crippen LogP contribution in [0.3, 0.4) is 0 Å². The number of hydrogen-bond acceptors (Lipinski definition) is 7. The van der Waals surface area contributed by atoms with Crippen molar-refractivity contribution in [2.75, 3.05) is 31.9 Å². The molecule has 0 saturated carbocycles. The van der Waals surface area contributed by atoms with Crippen molar-refractivity contribution >= 4 is 5.82 Å². The molecule has 0 aliphatic carbocycles. The number of nitrogens with one attached hydrogen (secondary N) is 1. The van der Waals surface area contributed by atoms with Gasteiger partial charge in [0.2, 0.25) is 6.23 Å². The lowest BCUT2D eigenvalue weighted by molar-refractivity contribution is -0.118. The van der Waals surface area contributed by atoms with Crippen LogP contribution in [0.15, 0.2) is 29.0 Å². The number of nitrogen functional groups attached to an aromatic ring is 1. The molecule has 2 aliphatic heterocycles. The molecule has 1 unspecified atom stereocenters. The van der Waals surface area contributed by atoms with Crippen molar-refractivity contribution in [2.24, 2.45) is 5.73 Å². The van der Waals surface area contributed by atoms with Crippen molar-refractivity contribution in [3.05, 3.63) is 34.6 Å². The average Bonchev–Trinajstić information content (AvgIpc) is 2.81. The highest BCUT2D eigenvalue weighted by atomic mass is 19.3. The van der Waals surface area contributed by atoms with Crippen LogP contribution in [0, 0.1) is 0 Å². The summed E-state index contributed by atoms with van der Waals surface area (Å²) in [4.78, 5) is 17.3. The van der Waals surface area contributed by atoms with Gasteiger partial charge in [0.15, 0.2) is 0 Å². The maximum atomic E-state index is 14.3. The standard InChI is InChI=1S/C14H20F2N6O2/c15-14(16)5-10(8-21-4-2-19-9(6-17)7-21)24-12(14)22-3-1-11(18)20-13(22)23/h1,3,6,10,12,19H,2,4-5,7-8,17H2,(H2,18,20,23)/b9-6-/t10?,12-/m1/s1. The van der Waals surface area contributed by atoms with Gasteiger partial charge in [-0.2, -0.15) is 4.98 Å². The van der Waals surface area contributed by atoms with E-state index >= 15 is 0 Å². The average molecular weight is 342 g/mol. The number of halogens is 2. The summed E-state index contributed by atoms with van der Waals surface area (Å²) in [7, 11) is 0. The Bertz CT molecular complexity index is 692. The van der Waals surface area contributed by atoms with Gasteiger partial charge in [0.1, 0.15) is 5.82 Å². The van der Waals surface area contributed by atoms with Gasteiger partial charge < -0.3 is 21.5 Å². The first kappa shape index (κ1) is 16.7. The van der Waals surface area contributed by atoms with E-state index in [1.54, 1.807) is 0 Å². The number of piperazine rings is 1. The monoisotopic (exact) mass is 342 g/mol. The molecule has 132 valence electrons. The highest BCUT2D eigenvalue weighted by Crippen LogP contribution is 2.42. The predicted octanol–water partition coefficient (Wildman–Crippen LogP) is -0.546. The molecule has 24 heavy (non-hydrogen) atoms. The Morgan fingerprint density at radius 3 is 3.04 bits per heavy atom. The van der Waals surface area contributed by atoms with Crippen LogP contribution < -0.4 is 22.5 Å². The second-order valence-corrected chi connectivity index (χ2v) is 5.97. The van der Waals surface area contributed by atoms with Crippen molar-refractivity contribution in [3.8, 4) is 0 Å². The summed E-state index contributed by atoms with van der Waals surface area (Å²) >= 11 is 0. The summed E-state index contributed by atoms with van der Waals surface area (Å²) in [5, 5.41) is 3.13. The molecule has 2 aliphatic rings. The van der Waals surface area contributed by atoms with E-state index in [2.05, 4.69) is 10.3 Å². The van der Waals surface area contributed by atoms with Gasteiger partial charge in [-0.3, -0.25) is 9.47 Å². The van der Waals surface area contributed by atoms with Crippen molar-refractivity contribution in [2.45, 2.75) is 24.7 Å². The summed E-state index contributed by atoms with van der Waals surface area (Å²) in [5.74, 6) is -3.18. The van der Waals surface area contributed by atoms with Gasteiger partial charge in [-0.1, -0.05) is 0 Å². The van der Waals surface area contributed by atoms with E-state index in [1.807, 2.05) is 4.90 Å². The third kappa shape index (κ3) is 3.34. The molecule has 0 spiro atoms. The number of aromatic nitrogens is 2. The van der Waals surface area contributed by atoms with Gasteiger partial charge in [-0.25, -0.2) is 13.6 Å². The van der Waals surface area contributed by atoms with Gasteiger partial charge in [0.25, 0.3) is 5.92 Å². The van der Waals surface area contributed by atoms with Gasteiger partial charge >= 0.3 is 5.69 Å². The summed E-state index contributed by atoms with van der Waals surface area (Å²) in [5.41, 5.74) is 10.9. The van der Waals surface area contributed by atoms with E-state index in [0.717, 1.165) is 10.3 Å². The molecule has 0 radical (unpaired) electrons. The predicted molar refractivity (Wildman–Crippen MR) is 83.1 cm³/mol. The van der Waals surface area contributed by atoms with Crippen LogP contribution in [0.2, 0.25) is 0 Å². The molecule has 0 amide bonds. The summed E-state index contributed by atoms with van der Waals surface area (Å²) < 4.78 is 34.9. The normalized spacial score (nSPS) is 28.8. The van der Waals surface area contributed by atoms with Gasteiger partial charge in [-0.15, -0.1) is 0 Å². The first-order valence-electron chi connectivity index (χ1n) is 7.64. The quantitative estimate of drug-likeness (QED) is 0.676. The van der Waals surface area contributed by atoms with E-state index in [9.17, 15) is 13.6 Å². The maximum Gasteiger partial charge on any atom is 0.351 e. The molecule has 3 rings (SSSR count). The Morgan fingerprint density at radius 1 is 1.54 bits per heavy atom. The van der Waals surface area contributed by atoms with Crippen LogP contribution in [0.25, 0.3) is 0 Å². The highest BCUT2D eigenvalue weighted by Gasteiger charge is 2.52. The molecule has 5 N–H and O–H groups in total. The number of hydrogen-bond donors (Lipinski definition) is 3. The minimum atomic E-state index is -3.16. The van der Waals surface area contributed by atoms with Gasteiger partial charge in [0.05, 0.1) is 6.10 Å². The summed E-state index contributed by atoms with van der Waals surface area (Å²) in [6.07, 6.45) is -0.160. The zero-order chi connectivity index (χ0) is 17.3. The Labute approximate surface area is 137 Å². The topological polar surface area (TPSA) is 111 Å². The molecular formula is C14H20F2N6O2. The Balaban J connectivity index is 1.72. The Hall–Kier alpha value is -2.20. The Morgan fingerprint density at radius 2 is 2.33 bits per heavy atom.